The molecule has 0 spiro atoms. The molecule has 0 aromatic heterocycles. The summed E-state index contributed by atoms with van der Waals surface area (Å²) in [5.74, 6) is 0. The van der Waals surface area contributed by atoms with E-state index in [1.807, 2.05) is 18.2 Å². The molecule has 0 saturated carbocycles. The maximum atomic E-state index is 8.93. The summed E-state index contributed by atoms with van der Waals surface area (Å²) < 4.78 is 1.13. The number of hydrogen-bond donors (Lipinski definition) is 0. The molecule has 0 atom stereocenters. The van der Waals surface area contributed by atoms with E-state index < -0.39 is 0 Å². The SMILES string of the molecule is Cc1cc(C#N)ccc1C1=C\CCCC=C(Br)/C=C\1. The number of nitrogens with zero attached hydrogens (tertiary/aromatic N) is 1. The van der Waals surface area contributed by atoms with Gasteiger partial charge in [-0.3, -0.25) is 0 Å². The van der Waals surface area contributed by atoms with Crippen LogP contribution in [-0.4, -0.2) is 0 Å². The minimum absolute atomic E-state index is 0.718. The highest BCUT2D eigenvalue weighted by atomic mass is 79.9. The second kappa shape index (κ2) is 6.54. The van der Waals surface area contributed by atoms with Crippen LogP contribution in [0.4, 0.5) is 0 Å². The van der Waals surface area contributed by atoms with Crippen molar-refractivity contribution in [1.82, 2.24) is 0 Å². The van der Waals surface area contributed by atoms with Crippen LogP contribution in [0.2, 0.25) is 0 Å². The lowest BCUT2D eigenvalue weighted by Gasteiger charge is -2.07. The van der Waals surface area contributed by atoms with E-state index in [1.54, 1.807) is 0 Å². The van der Waals surface area contributed by atoms with Crippen molar-refractivity contribution in [3.63, 3.8) is 0 Å². The fourth-order valence-electron chi connectivity index (χ4n) is 2.18. The Labute approximate surface area is 123 Å². The first-order valence-corrected chi connectivity index (χ1v) is 7.25. The largest absolute Gasteiger partial charge is 0.192 e. The van der Waals surface area contributed by atoms with Crippen molar-refractivity contribution >= 4 is 21.5 Å². The van der Waals surface area contributed by atoms with Crippen LogP contribution in [0.3, 0.4) is 0 Å². The monoisotopic (exact) mass is 313 g/mol. The van der Waals surface area contributed by atoms with Crippen LogP contribution < -0.4 is 0 Å². The summed E-state index contributed by atoms with van der Waals surface area (Å²) in [6.45, 7) is 2.06. The number of nitriles is 1. The van der Waals surface area contributed by atoms with Gasteiger partial charge in [0.25, 0.3) is 0 Å². The molecule has 2 rings (SSSR count). The van der Waals surface area contributed by atoms with Crippen LogP contribution in [0.15, 0.2) is 47.0 Å². The predicted molar refractivity (Wildman–Crippen MR) is 83.9 cm³/mol. The second-order valence-electron chi connectivity index (χ2n) is 4.65. The van der Waals surface area contributed by atoms with Gasteiger partial charge in [-0.25, -0.2) is 0 Å². The van der Waals surface area contributed by atoms with Crippen molar-refractivity contribution in [2.75, 3.05) is 0 Å². The third kappa shape index (κ3) is 3.68. The molecule has 1 aliphatic rings. The molecule has 0 N–H and O–H groups in total. The van der Waals surface area contributed by atoms with E-state index in [0.29, 0.717) is 0 Å². The van der Waals surface area contributed by atoms with E-state index in [9.17, 15) is 0 Å². The van der Waals surface area contributed by atoms with Crippen LogP contribution in [0.25, 0.3) is 5.57 Å². The Morgan fingerprint density at radius 2 is 1.95 bits per heavy atom. The molecule has 0 amide bonds. The Kier molecular flexibility index (Phi) is 4.76. The van der Waals surface area contributed by atoms with E-state index in [1.165, 1.54) is 11.1 Å². The maximum Gasteiger partial charge on any atom is 0.0991 e. The highest BCUT2D eigenvalue weighted by Gasteiger charge is 2.04. The van der Waals surface area contributed by atoms with Gasteiger partial charge in [0, 0.05) is 4.48 Å². The lowest BCUT2D eigenvalue weighted by molar-refractivity contribution is 0.869. The number of rotatable bonds is 1. The first-order valence-electron chi connectivity index (χ1n) is 6.46. The molecule has 1 aromatic rings. The quantitative estimate of drug-likeness (QED) is 0.693. The van der Waals surface area contributed by atoms with Crippen molar-refractivity contribution in [3.8, 4) is 6.07 Å². The standard InChI is InChI=1S/C17H16BrN/c1-13-11-14(12-19)7-10-17(13)15-5-3-2-4-6-16(18)9-8-15/h5-11H,2-4H2,1H3/b9-8-,15-5-,16-6?. The molecular weight excluding hydrogens is 298 g/mol. The Bertz CT molecular complexity index is 600. The molecule has 1 aromatic carbocycles. The van der Waals surface area contributed by atoms with E-state index in [0.717, 1.165) is 34.9 Å². The van der Waals surface area contributed by atoms with E-state index >= 15 is 0 Å². The zero-order valence-corrected chi connectivity index (χ0v) is 12.6. The van der Waals surface area contributed by atoms with Crippen LogP contribution in [0, 0.1) is 18.3 Å². The normalized spacial score (nSPS) is 20.1. The van der Waals surface area contributed by atoms with Crippen LogP contribution >= 0.6 is 15.9 Å². The number of benzene rings is 1. The summed E-state index contributed by atoms with van der Waals surface area (Å²) in [6, 6.07) is 8.05. The molecule has 0 saturated heterocycles. The summed E-state index contributed by atoms with van der Waals surface area (Å²) >= 11 is 3.55. The molecule has 0 fully saturated rings. The Hall–Kier alpha value is -1.59. The molecule has 0 heterocycles. The Morgan fingerprint density at radius 1 is 1.16 bits per heavy atom. The highest BCUT2D eigenvalue weighted by molar-refractivity contribution is 9.11. The second-order valence-corrected chi connectivity index (χ2v) is 5.57. The molecule has 0 aliphatic heterocycles. The van der Waals surface area contributed by atoms with E-state index in [2.05, 4.69) is 53.2 Å². The maximum absolute atomic E-state index is 8.93. The van der Waals surface area contributed by atoms with Crippen LogP contribution in [-0.2, 0) is 0 Å². The average Bonchev–Trinajstić information content (AvgIpc) is 2.51. The van der Waals surface area contributed by atoms with Gasteiger partial charge in [0.05, 0.1) is 11.6 Å². The molecule has 0 radical (unpaired) electrons. The lowest BCUT2D eigenvalue weighted by Crippen LogP contribution is -1.88. The molecule has 96 valence electrons. The smallest absolute Gasteiger partial charge is 0.0991 e. The minimum Gasteiger partial charge on any atom is -0.192 e. The van der Waals surface area contributed by atoms with Gasteiger partial charge in [0.15, 0.2) is 0 Å². The van der Waals surface area contributed by atoms with Crippen LogP contribution in [0.5, 0.6) is 0 Å². The zero-order valence-electron chi connectivity index (χ0n) is 11.0. The number of allylic oxidation sites excluding steroid dienone is 6. The van der Waals surface area contributed by atoms with Crippen LogP contribution in [0.1, 0.15) is 36.0 Å². The summed E-state index contributed by atoms with van der Waals surface area (Å²) in [4.78, 5) is 0. The first kappa shape index (κ1) is 13.8. The fraction of sp³-hybridized carbons (Fsp3) is 0.235. The summed E-state index contributed by atoms with van der Waals surface area (Å²) in [6.07, 6.45) is 12.1. The lowest BCUT2D eigenvalue weighted by atomic mass is 9.97. The van der Waals surface area contributed by atoms with Gasteiger partial charge < -0.3 is 0 Å². The van der Waals surface area contributed by atoms with Crippen molar-refractivity contribution in [1.29, 1.82) is 5.26 Å². The van der Waals surface area contributed by atoms with Gasteiger partial charge in [-0.05, 0) is 61.1 Å². The third-order valence-electron chi connectivity index (χ3n) is 3.20. The van der Waals surface area contributed by atoms with E-state index in [-0.39, 0.29) is 0 Å². The molecule has 0 bridgehead atoms. The first-order chi connectivity index (χ1) is 9.20. The molecule has 0 unspecified atom stereocenters. The average molecular weight is 314 g/mol. The summed E-state index contributed by atoms with van der Waals surface area (Å²) in [7, 11) is 0. The van der Waals surface area contributed by atoms with Gasteiger partial charge in [0.1, 0.15) is 0 Å². The van der Waals surface area contributed by atoms with Gasteiger partial charge >= 0.3 is 0 Å². The Balaban J connectivity index is 2.39. The fourth-order valence-corrected chi connectivity index (χ4v) is 2.54. The van der Waals surface area contributed by atoms with Gasteiger partial charge in [-0.15, -0.1) is 0 Å². The zero-order chi connectivity index (χ0) is 13.7. The molecular formula is C17H16BrN. The third-order valence-corrected chi connectivity index (χ3v) is 3.79. The topological polar surface area (TPSA) is 23.8 Å². The van der Waals surface area contributed by atoms with Crippen molar-refractivity contribution in [2.24, 2.45) is 0 Å². The van der Waals surface area contributed by atoms with Crippen molar-refractivity contribution in [2.45, 2.75) is 26.2 Å². The molecule has 1 aliphatic carbocycles. The van der Waals surface area contributed by atoms with Gasteiger partial charge in [-0.2, -0.15) is 5.26 Å². The Morgan fingerprint density at radius 3 is 2.68 bits per heavy atom. The van der Waals surface area contributed by atoms with Crippen molar-refractivity contribution < 1.29 is 0 Å². The number of aryl methyl sites for hydroxylation is 1. The number of halogens is 1. The number of hydrogen-bond acceptors (Lipinski definition) is 1. The van der Waals surface area contributed by atoms with Crippen molar-refractivity contribution in [3.05, 3.63) is 63.7 Å². The van der Waals surface area contributed by atoms with Gasteiger partial charge in [0.2, 0.25) is 0 Å². The summed E-state index contributed by atoms with van der Waals surface area (Å²) in [5.41, 5.74) is 4.30. The molecule has 19 heavy (non-hydrogen) atoms. The highest BCUT2D eigenvalue weighted by Crippen LogP contribution is 2.25. The predicted octanol–water partition coefficient (Wildman–Crippen LogP) is 5.27. The van der Waals surface area contributed by atoms with Gasteiger partial charge in [-0.1, -0.05) is 40.2 Å². The summed E-state index contributed by atoms with van der Waals surface area (Å²) in [5, 5.41) is 8.93. The van der Waals surface area contributed by atoms with E-state index in [4.69, 9.17) is 5.26 Å². The molecule has 2 heteroatoms. The molecule has 1 nitrogen and oxygen atoms in total. The minimum atomic E-state index is 0.718.